The molecule has 0 saturated carbocycles. The molecule has 0 N–H and O–H groups in total. The second-order valence-corrected chi connectivity index (χ2v) is 10.7. The third-order valence-electron chi connectivity index (χ3n) is 4.64. The number of hydrogen-bond acceptors (Lipinski definition) is 8. The van der Waals surface area contributed by atoms with Gasteiger partial charge in [0.05, 0.1) is 6.61 Å². The molecule has 198 valence electrons. The van der Waals surface area contributed by atoms with Gasteiger partial charge >= 0.3 is 12.2 Å². The van der Waals surface area contributed by atoms with Crippen LogP contribution in [0.1, 0.15) is 52.9 Å². The van der Waals surface area contributed by atoms with Crippen LogP contribution in [-0.2, 0) is 26.5 Å². The van der Waals surface area contributed by atoms with Crippen LogP contribution in [-0.4, -0.2) is 59.8 Å². The van der Waals surface area contributed by atoms with Crippen molar-refractivity contribution in [3.8, 4) is 0 Å². The van der Waals surface area contributed by atoms with Crippen LogP contribution >= 0.6 is 12.0 Å². The molecule has 2 heterocycles. The second kappa shape index (κ2) is 12.9. The molecule has 0 spiro atoms. The Hall–Kier alpha value is -2.85. The first-order valence-corrected chi connectivity index (χ1v) is 13.0. The Morgan fingerprint density at radius 3 is 1.94 bits per heavy atom. The monoisotopic (exact) mass is 518 g/mol. The molecule has 0 saturated heterocycles. The molecule has 0 aliphatic carbocycles. The van der Waals surface area contributed by atoms with E-state index in [2.05, 4.69) is 9.97 Å². The fourth-order valence-corrected chi connectivity index (χ4v) is 3.30. The van der Waals surface area contributed by atoms with Crippen molar-refractivity contribution in [2.45, 2.75) is 65.6 Å². The third kappa shape index (κ3) is 10.0. The van der Waals surface area contributed by atoms with Crippen molar-refractivity contribution in [2.75, 3.05) is 36.3 Å². The Morgan fingerprint density at radius 1 is 0.833 bits per heavy atom. The Kier molecular flexibility index (Phi) is 10.5. The number of carbonyl (C=O) groups excluding carboxylic acids is 2. The van der Waals surface area contributed by atoms with E-state index in [1.54, 1.807) is 19.2 Å². The SMILES string of the molecule is CSOCCc1cccc(N(CCc2cccc(N(C)C(=O)OC(C)(C)C)n2)C(=O)OC(C)(C)C)n1. The van der Waals surface area contributed by atoms with E-state index in [0.717, 1.165) is 5.69 Å². The van der Waals surface area contributed by atoms with Crippen LogP contribution in [0, 0.1) is 0 Å². The fraction of sp³-hybridized carbons (Fsp3) is 0.538. The maximum Gasteiger partial charge on any atom is 0.416 e. The van der Waals surface area contributed by atoms with Crippen molar-refractivity contribution in [1.82, 2.24) is 9.97 Å². The molecule has 0 aliphatic heterocycles. The van der Waals surface area contributed by atoms with Gasteiger partial charge < -0.3 is 13.7 Å². The maximum absolute atomic E-state index is 13.1. The predicted molar refractivity (Wildman–Crippen MR) is 144 cm³/mol. The quantitative estimate of drug-likeness (QED) is 0.310. The number of hydrogen-bond donors (Lipinski definition) is 0. The summed E-state index contributed by atoms with van der Waals surface area (Å²) < 4.78 is 16.4. The Balaban J connectivity index is 2.22. The summed E-state index contributed by atoms with van der Waals surface area (Å²) >= 11 is 1.30. The molecule has 2 rings (SSSR count). The lowest BCUT2D eigenvalue weighted by molar-refractivity contribution is 0.0572. The van der Waals surface area contributed by atoms with E-state index in [9.17, 15) is 9.59 Å². The number of amides is 2. The summed E-state index contributed by atoms with van der Waals surface area (Å²) in [5, 5.41) is 0. The summed E-state index contributed by atoms with van der Waals surface area (Å²) in [5.74, 6) is 0.951. The standard InChI is InChI=1S/C26H38N4O5S/c1-25(2,3)34-23(31)29(7)21-13-9-11-19(27-21)15-17-30(24(32)35-26(4,5)6)22-14-10-12-20(28-22)16-18-33-36-8/h9-14H,15-18H2,1-8H3. The van der Waals surface area contributed by atoms with Crippen molar-refractivity contribution in [3.63, 3.8) is 0 Å². The van der Waals surface area contributed by atoms with Crippen molar-refractivity contribution < 1.29 is 23.2 Å². The van der Waals surface area contributed by atoms with E-state index in [-0.39, 0.29) is 0 Å². The summed E-state index contributed by atoms with van der Waals surface area (Å²) in [6.07, 6.45) is 1.93. The van der Waals surface area contributed by atoms with Crippen molar-refractivity contribution in [1.29, 1.82) is 0 Å². The highest BCUT2D eigenvalue weighted by molar-refractivity contribution is 7.93. The molecule has 2 amide bonds. The number of ether oxygens (including phenoxy) is 2. The average Bonchev–Trinajstić information content (AvgIpc) is 2.77. The highest BCUT2D eigenvalue weighted by Gasteiger charge is 2.25. The maximum atomic E-state index is 13.1. The Labute approximate surface area is 218 Å². The van der Waals surface area contributed by atoms with Crippen molar-refractivity contribution in [2.24, 2.45) is 0 Å². The smallest absolute Gasteiger partial charge is 0.416 e. The lowest BCUT2D eigenvalue weighted by Gasteiger charge is -2.27. The molecule has 9 nitrogen and oxygen atoms in total. The van der Waals surface area contributed by atoms with Crippen LogP contribution in [0.3, 0.4) is 0 Å². The molecule has 0 unspecified atom stereocenters. The number of anilines is 2. The van der Waals surface area contributed by atoms with Crippen molar-refractivity contribution >= 4 is 35.9 Å². The van der Waals surface area contributed by atoms with Gasteiger partial charge in [0.15, 0.2) is 0 Å². The topological polar surface area (TPSA) is 94.1 Å². The molecular weight excluding hydrogens is 480 g/mol. The molecular formula is C26H38N4O5S. The number of nitrogens with zero attached hydrogens (tertiary/aromatic N) is 4. The molecule has 0 radical (unpaired) electrons. The molecule has 0 fully saturated rings. The first-order valence-electron chi connectivity index (χ1n) is 11.8. The van der Waals surface area contributed by atoms with Gasteiger partial charge in [-0.05, 0) is 77.9 Å². The van der Waals surface area contributed by atoms with Gasteiger partial charge in [-0.25, -0.2) is 19.6 Å². The van der Waals surface area contributed by atoms with E-state index in [1.807, 2.05) is 72.1 Å². The number of aromatic nitrogens is 2. The Bertz CT molecular complexity index is 1020. The van der Waals surface area contributed by atoms with E-state index >= 15 is 0 Å². The summed E-state index contributed by atoms with van der Waals surface area (Å²) in [4.78, 5) is 37.7. The summed E-state index contributed by atoms with van der Waals surface area (Å²) in [5.41, 5.74) is 0.253. The largest absolute Gasteiger partial charge is 0.443 e. The fourth-order valence-electron chi connectivity index (χ4n) is 3.05. The summed E-state index contributed by atoms with van der Waals surface area (Å²) in [7, 11) is 1.61. The minimum Gasteiger partial charge on any atom is -0.443 e. The van der Waals surface area contributed by atoms with Crippen LogP contribution in [0.25, 0.3) is 0 Å². The summed E-state index contributed by atoms with van der Waals surface area (Å²) in [6, 6.07) is 11.0. The zero-order valence-electron chi connectivity index (χ0n) is 22.5. The van der Waals surface area contributed by atoms with E-state index < -0.39 is 23.4 Å². The van der Waals surface area contributed by atoms with Gasteiger partial charge in [0.25, 0.3) is 0 Å². The molecule has 0 bridgehead atoms. The average molecular weight is 519 g/mol. The Morgan fingerprint density at radius 2 is 1.36 bits per heavy atom. The number of pyridine rings is 2. The molecule has 2 aromatic heterocycles. The minimum atomic E-state index is -0.659. The van der Waals surface area contributed by atoms with Gasteiger partial charge in [0.2, 0.25) is 0 Å². The molecule has 0 aromatic carbocycles. The van der Waals surface area contributed by atoms with E-state index in [0.29, 0.717) is 43.3 Å². The minimum absolute atomic E-state index is 0.291. The molecule has 10 heteroatoms. The van der Waals surface area contributed by atoms with Gasteiger partial charge in [-0.3, -0.25) is 9.80 Å². The van der Waals surface area contributed by atoms with Gasteiger partial charge in [-0.15, -0.1) is 0 Å². The van der Waals surface area contributed by atoms with Gasteiger partial charge in [0.1, 0.15) is 22.8 Å². The number of rotatable bonds is 9. The van der Waals surface area contributed by atoms with Gasteiger partial charge in [-0.1, -0.05) is 12.1 Å². The van der Waals surface area contributed by atoms with Crippen LogP contribution < -0.4 is 9.80 Å². The van der Waals surface area contributed by atoms with E-state index in [1.165, 1.54) is 21.8 Å². The lowest BCUT2D eigenvalue weighted by Crippen LogP contribution is -2.39. The lowest BCUT2D eigenvalue weighted by atomic mass is 10.2. The highest BCUT2D eigenvalue weighted by atomic mass is 32.2. The third-order valence-corrected chi connectivity index (χ3v) is 5.04. The van der Waals surface area contributed by atoms with Crippen LogP contribution in [0.5, 0.6) is 0 Å². The normalized spacial score (nSPS) is 11.7. The molecule has 2 aromatic rings. The highest BCUT2D eigenvalue weighted by Crippen LogP contribution is 2.19. The first kappa shape index (κ1) is 29.4. The summed E-state index contributed by atoms with van der Waals surface area (Å²) in [6.45, 7) is 11.7. The number of carbonyl (C=O) groups is 2. The zero-order valence-corrected chi connectivity index (χ0v) is 23.3. The van der Waals surface area contributed by atoms with Gasteiger partial charge in [0, 0.05) is 44.1 Å². The second-order valence-electron chi connectivity index (χ2n) is 10.1. The van der Waals surface area contributed by atoms with Gasteiger partial charge in [-0.2, -0.15) is 0 Å². The van der Waals surface area contributed by atoms with Crippen molar-refractivity contribution in [3.05, 3.63) is 47.8 Å². The molecule has 0 atom stereocenters. The first-order chi connectivity index (χ1) is 16.8. The van der Waals surface area contributed by atoms with E-state index in [4.69, 9.17) is 13.7 Å². The van der Waals surface area contributed by atoms with Crippen LogP contribution in [0.4, 0.5) is 21.2 Å². The predicted octanol–water partition coefficient (Wildman–Crippen LogP) is 5.67. The zero-order chi connectivity index (χ0) is 26.9. The van der Waals surface area contributed by atoms with Crippen LogP contribution in [0.2, 0.25) is 0 Å². The molecule has 0 aliphatic rings. The van der Waals surface area contributed by atoms with Crippen LogP contribution in [0.15, 0.2) is 36.4 Å². The molecule has 36 heavy (non-hydrogen) atoms.